The number of rotatable bonds is 5. The molecular weight excluding hydrogens is 418 g/mol. The molecule has 0 bridgehead atoms. The Hall–Kier alpha value is -3.96. The number of Topliss-reactive ketones (excluding diaryl/α,β-unsaturated/α-hetero) is 1. The van der Waals surface area contributed by atoms with Crippen molar-refractivity contribution in [2.45, 2.75) is 0 Å². The van der Waals surface area contributed by atoms with E-state index in [1.807, 2.05) is 4.90 Å². The average molecular weight is 437 g/mol. The molecule has 2 aliphatic heterocycles. The van der Waals surface area contributed by atoms with E-state index in [4.69, 9.17) is 4.74 Å². The lowest BCUT2D eigenvalue weighted by Crippen LogP contribution is -2.45. The van der Waals surface area contributed by atoms with Gasteiger partial charge in [-0.05, 0) is 35.9 Å². The summed E-state index contributed by atoms with van der Waals surface area (Å²) in [5.41, 5.74) is 1.49. The Morgan fingerprint density at radius 2 is 1.88 bits per heavy atom. The first kappa shape index (κ1) is 21.3. The van der Waals surface area contributed by atoms with Crippen LogP contribution in [-0.2, 0) is 9.53 Å². The van der Waals surface area contributed by atoms with E-state index in [0.717, 1.165) is 0 Å². The summed E-state index contributed by atoms with van der Waals surface area (Å²) in [6.07, 6.45) is 1.27. The number of hydrogen-bond acceptors (Lipinski definition) is 7. The molecule has 2 aliphatic rings. The van der Waals surface area contributed by atoms with Crippen molar-refractivity contribution in [2.75, 3.05) is 43.2 Å². The Morgan fingerprint density at radius 1 is 1.16 bits per heavy atom. The van der Waals surface area contributed by atoms with Gasteiger partial charge in [0.25, 0.3) is 11.5 Å². The summed E-state index contributed by atoms with van der Waals surface area (Å²) in [7, 11) is 0. The molecule has 0 saturated carbocycles. The average Bonchev–Trinajstić information content (AvgIpc) is 3.03. The fraction of sp³-hybridized carbons (Fsp3) is 0.238. The number of amides is 3. The quantitative estimate of drug-likeness (QED) is 0.327. The largest absolute Gasteiger partial charge is 0.379 e. The molecule has 32 heavy (non-hydrogen) atoms. The number of non-ortho nitro benzene ring substituents is 1. The maximum absolute atomic E-state index is 12.5. The molecule has 0 radical (unpaired) electrons. The molecule has 2 heterocycles. The van der Waals surface area contributed by atoms with Crippen LogP contribution >= 0.6 is 0 Å². The zero-order valence-corrected chi connectivity index (χ0v) is 16.9. The Kier molecular flexibility index (Phi) is 6.01. The van der Waals surface area contributed by atoms with Crippen LogP contribution < -0.4 is 10.2 Å². The van der Waals surface area contributed by atoms with Crippen molar-refractivity contribution in [3.8, 4) is 0 Å². The van der Waals surface area contributed by atoms with Gasteiger partial charge in [-0.3, -0.25) is 29.5 Å². The molecular formula is C21H19N5O6. The fourth-order valence-electron chi connectivity index (χ4n) is 3.43. The van der Waals surface area contributed by atoms with Crippen LogP contribution in [0.5, 0.6) is 0 Å². The van der Waals surface area contributed by atoms with Crippen molar-refractivity contribution in [1.82, 2.24) is 4.90 Å². The number of urea groups is 1. The monoisotopic (exact) mass is 437 g/mol. The number of benzene rings is 2. The van der Waals surface area contributed by atoms with Crippen LogP contribution in [-0.4, -0.2) is 66.7 Å². The van der Waals surface area contributed by atoms with E-state index in [1.54, 1.807) is 12.1 Å². The minimum Gasteiger partial charge on any atom is -0.379 e. The molecule has 4 rings (SSSR count). The number of carbonyl (C=O) groups excluding carboxylic acids is 3. The number of nitrogens with zero attached hydrogens (tertiary/aromatic N) is 4. The normalized spacial score (nSPS) is 16.4. The summed E-state index contributed by atoms with van der Waals surface area (Å²) in [5, 5.41) is 13.2. The molecule has 164 valence electrons. The number of ketones is 1. The lowest BCUT2D eigenvalue weighted by atomic mass is 10.1. The molecule has 0 aliphatic carbocycles. The van der Waals surface area contributed by atoms with Gasteiger partial charge in [0.2, 0.25) is 0 Å². The molecule has 2 aromatic rings. The molecule has 2 aromatic carbocycles. The summed E-state index contributed by atoms with van der Waals surface area (Å²) >= 11 is 0. The molecule has 1 N–H and O–H groups in total. The van der Waals surface area contributed by atoms with E-state index in [2.05, 4.69) is 10.3 Å². The van der Waals surface area contributed by atoms with Gasteiger partial charge in [-0.2, -0.15) is 0 Å². The SMILES string of the molecule is O=C(N=Cc1ccc([N+](=O)[O-])cc1)Nc1ccc2c(c1)C(=O)C(=O)N2CN1CCOCC1. The maximum atomic E-state index is 12.5. The number of fused-ring (bicyclic) bond motifs is 1. The zero-order valence-electron chi connectivity index (χ0n) is 16.9. The van der Waals surface area contributed by atoms with Gasteiger partial charge in [0.05, 0.1) is 36.1 Å². The maximum Gasteiger partial charge on any atom is 0.345 e. The summed E-state index contributed by atoms with van der Waals surface area (Å²) in [5.74, 6) is -1.23. The van der Waals surface area contributed by atoms with Gasteiger partial charge in [0.1, 0.15) is 0 Å². The highest BCUT2D eigenvalue weighted by atomic mass is 16.6. The third-order valence-electron chi connectivity index (χ3n) is 5.10. The molecule has 3 amide bonds. The number of carbonyl (C=O) groups is 3. The van der Waals surface area contributed by atoms with Gasteiger partial charge in [0, 0.05) is 37.1 Å². The van der Waals surface area contributed by atoms with Crippen LogP contribution in [0.3, 0.4) is 0 Å². The van der Waals surface area contributed by atoms with Gasteiger partial charge in [-0.25, -0.2) is 9.79 Å². The van der Waals surface area contributed by atoms with Crippen molar-refractivity contribution in [3.63, 3.8) is 0 Å². The number of nitro benzene ring substituents is 1. The van der Waals surface area contributed by atoms with Crippen molar-refractivity contribution in [2.24, 2.45) is 4.99 Å². The van der Waals surface area contributed by atoms with Gasteiger partial charge >= 0.3 is 11.9 Å². The molecule has 1 fully saturated rings. The minimum absolute atomic E-state index is 0.0633. The number of hydrogen-bond donors (Lipinski definition) is 1. The molecule has 1 saturated heterocycles. The first-order valence-electron chi connectivity index (χ1n) is 9.82. The number of nitro groups is 1. The second kappa shape index (κ2) is 9.04. The van der Waals surface area contributed by atoms with Crippen LogP contribution in [0.4, 0.5) is 21.9 Å². The van der Waals surface area contributed by atoms with Crippen LogP contribution in [0.25, 0.3) is 0 Å². The number of morpholine rings is 1. The van der Waals surface area contributed by atoms with Crippen molar-refractivity contribution >= 4 is 41.0 Å². The third kappa shape index (κ3) is 4.53. The van der Waals surface area contributed by atoms with E-state index < -0.39 is 22.6 Å². The summed E-state index contributed by atoms with van der Waals surface area (Å²) < 4.78 is 5.31. The predicted octanol–water partition coefficient (Wildman–Crippen LogP) is 2.06. The van der Waals surface area contributed by atoms with Crippen LogP contribution in [0, 0.1) is 10.1 Å². The Bertz CT molecular complexity index is 1110. The molecule has 0 spiro atoms. The highest BCUT2D eigenvalue weighted by Crippen LogP contribution is 2.31. The number of aliphatic imine (C=N–C) groups is 1. The van der Waals surface area contributed by atoms with Crippen LogP contribution in [0.2, 0.25) is 0 Å². The van der Waals surface area contributed by atoms with Gasteiger partial charge in [0.15, 0.2) is 0 Å². The molecule has 11 heteroatoms. The Morgan fingerprint density at radius 3 is 2.56 bits per heavy atom. The van der Waals surface area contributed by atoms with E-state index in [1.165, 1.54) is 41.4 Å². The van der Waals surface area contributed by atoms with Crippen molar-refractivity contribution < 1.29 is 24.0 Å². The molecule has 0 aromatic heterocycles. The number of nitrogens with one attached hydrogen (secondary N) is 1. The first-order valence-corrected chi connectivity index (χ1v) is 9.82. The van der Waals surface area contributed by atoms with E-state index in [0.29, 0.717) is 49.9 Å². The zero-order chi connectivity index (χ0) is 22.7. The second-order valence-electron chi connectivity index (χ2n) is 7.20. The predicted molar refractivity (Wildman–Crippen MR) is 115 cm³/mol. The fourth-order valence-corrected chi connectivity index (χ4v) is 3.43. The van der Waals surface area contributed by atoms with Gasteiger partial charge in [-0.1, -0.05) is 0 Å². The van der Waals surface area contributed by atoms with Crippen molar-refractivity contribution in [1.29, 1.82) is 0 Å². The van der Waals surface area contributed by atoms with E-state index in [-0.39, 0.29) is 11.3 Å². The molecule has 0 unspecified atom stereocenters. The Balaban J connectivity index is 1.43. The molecule has 0 atom stereocenters. The lowest BCUT2D eigenvalue weighted by Gasteiger charge is -2.30. The second-order valence-corrected chi connectivity index (χ2v) is 7.20. The van der Waals surface area contributed by atoms with E-state index >= 15 is 0 Å². The van der Waals surface area contributed by atoms with Crippen LogP contribution in [0.1, 0.15) is 15.9 Å². The highest BCUT2D eigenvalue weighted by molar-refractivity contribution is 6.52. The first-order chi connectivity index (χ1) is 15.4. The van der Waals surface area contributed by atoms with Crippen molar-refractivity contribution in [3.05, 3.63) is 63.7 Å². The minimum atomic E-state index is -0.690. The van der Waals surface area contributed by atoms with E-state index in [9.17, 15) is 24.5 Å². The summed E-state index contributed by atoms with van der Waals surface area (Å²) in [6, 6.07) is 9.54. The molecule has 11 nitrogen and oxygen atoms in total. The third-order valence-corrected chi connectivity index (χ3v) is 5.10. The standard InChI is InChI=1S/C21H19N5O6/c27-19-17-11-15(23-21(29)22-12-14-1-4-16(5-2-14)26(30)31)3-6-18(17)25(20(19)28)13-24-7-9-32-10-8-24/h1-6,11-12H,7-10,13H2,(H,23,29). The number of anilines is 2. The van der Waals surface area contributed by atoms with Crippen LogP contribution in [0.15, 0.2) is 47.5 Å². The summed E-state index contributed by atoms with van der Waals surface area (Å²) in [4.78, 5) is 54.4. The lowest BCUT2D eigenvalue weighted by molar-refractivity contribution is -0.384. The Labute approximate surface area is 182 Å². The summed E-state index contributed by atoms with van der Waals surface area (Å²) in [6.45, 7) is 2.80. The highest BCUT2D eigenvalue weighted by Gasteiger charge is 2.37. The van der Waals surface area contributed by atoms with Gasteiger partial charge in [-0.15, -0.1) is 0 Å². The van der Waals surface area contributed by atoms with Gasteiger partial charge < -0.3 is 10.1 Å². The topological polar surface area (TPSA) is 134 Å². The smallest absolute Gasteiger partial charge is 0.345 e. The number of ether oxygens (including phenoxy) is 1.